The van der Waals surface area contributed by atoms with E-state index in [0.29, 0.717) is 5.56 Å². The number of benzene rings is 1. The van der Waals surface area contributed by atoms with Gasteiger partial charge in [0.05, 0.1) is 18.2 Å². The third-order valence-corrected chi connectivity index (χ3v) is 3.47. The highest BCUT2D eigenvalue weighted by molar-refractivity contribution is 5.95. The van der Waals surface area contributed by atoms with E-state index >= 15 is 0 Å². The van der Waals surface area contributed by atoms with Crippen molar-refractivity contribution in [1.82, 2.24) is 10.6 Å². The molecular formula is C16H17F3N2O5. The molecule has 1 aromatic rings. The minimum absolute atomic E-state index is 0.0666. The van der Waals surface area contributed by atoms with Crippen LogP contribution in [0.5, 0.6) is 11.5 Å². The average Bonchev–Trinajstić information content (AvgIpc) is 2.53. The number of carbonyl (C=O) groups is 2. The first-order valence-corrected chi connectivity index (χ1v) is 7.60. The van der Waals surface area contributed by atoms with Crippen LogP contribution in [0.4, 0.5) is 18.0 Å². The molecular weight excluding hydrogens is 357 g/mol. The van der Waals surface area contributed by atoms with Crippen LogP contribution in [0.3, 0.4) is 0 Å². The van der Waals surface area contributed by atoms with Crippen LogP contribution in [0, 0.1) is 0 Å². The van der Waals surface area contributed by atoms with E-state index in [2.05, 4.69) is 15.4 Å². The number of phenols is 1. The topological polar surface area (TPSA) is 96.9 Å². The normalized spacial score (nSPS) is 17.4. The highest BCUT2D eigenvalue weighted by Gasteiger charge is 2.35. The molecule has 1 aromatic carbocycles. The van der Waals surface area contributed by atoms with Crippen molar-refractivity contribution in [3.05, 3.63) is 35.0 Å². The first-order valence-electron chi connectivity index (χ1n) is 7.60. The van der Waals surface area contributed by atoms with Crippen molar-refractivity contribution in [1.29, 1.82) is 0 Å². The monoisotopic (exact) mass is 374 g/mol. The van der Waals surface area contributed by atoms with Crippen molar-refractivity contribution in [3.8, 4) is 11.5 Å². The van der Waals surface area contributed by atoms with Gasteiger partial charge in [-0.15, -0.1) is 0 Å². The lowest BCUT2D eigenvalue weighted by Crippen LogP contribution is -2.45. The van der Waals surface area contributed by atoms with Crippen molar-refractivity contribution < 1.29 is 37.3 Å². The summed E-state index contributed by atoms with van der Waals surface area (Å²) in [6.07, 6.45) is -4.67. The molecule has 142 valence electrons. The third-order valence-electron chi connectivity index (χ3n) is 3.47. The fourth-order valence-electron chi connectivity index (χ4n) is 2.42. The Labute approximate surface area is 146 Å². The Balaban J connectivity index is 2.38. The second-order valence-electron chi connectivity index (χ2n) is 5.42. The highest BCUT2D eigenvalue weighted by atomic mass is 19.4. The summed E-state index contributed by atoms with van der Waals surface area (Å²) in [5.74, 6) is -1.26. The molecule has 0 bridgehead atoms. The SMILES string of the molecule is CCOc1cc([C@@H]2NC(=O)NC(C)=C2C(=O)OCC(F)(F)F)ccc1O. The van der Waals surface area contributed by atoms with E-state index in [4.69, 9.17) is 4.74 Å². The molecule has 7 nitrogen and oxygen atoms in total. The molecule has 0 fully saturated rings. The molecule has 0 aliphatic carbocycles. The van der Waals surface area contributed by atoms with Crippen molar-refractivity contribution in [2.24, 2.45) is 0 Å². The Bertz CT molecular complexity index is 746. The molecule has 2 rings (SSSR count). The minimum atomic E-state index is -4.67. The first kappa shape index (κ1) is 19.4. The van der Waals surface area contributed by atoms with E-state index in [1.807, 2.05) is 0 Å². The summed E-state index contributed by atoms with van der Waals surface area (Å²) < 4.78 is 46.5. The van der Waals surface area contributed by atoms with Crippen LogP contribution in [0.25, 0.3) is 0 Å². The zero-order valence-electron chi connectivity index (χ0n) is 13.9. The molecule has 3 N–H and O–H groups in total. The number of alkyl halides is 3. The molecule has 0 saturated heterocycles. The fraction of sp³-hybridized carbons (Fsp3) is 0.375. The van der Waals surface area contributed by atoms with Crippen LogP contribution in [0.1, 0.15) is 25.5 Å². The number of rotatable bonds is 5. The number of hydrogen-bond acceptors (Lipinski definition) is 5. The molecule has 26 heavy (non-hydrogen) atoms. The molecule has 1 atom stereocenters. The molecule has 0 saturated carbocycles. The number of amides is 2. The van der Waals surface area contributed by atoms with Gasteiger partial charge in [-0.2, -0.15) is 13.2 Å². The molecule has 1 aliphatic heterocycles. The van der Waals surface area contributed by atoms with E-state index in [0.717, 1.165) is 0 Å². The predicted molar refractivity (Wildman–Crippen MR) is 83.4 cm³/mol. The van der Waals surface area contributed by atoms with Gasteiger partial charge >= 0.3 is 18.2 Å². The Hall–Kier alpha value is -2.91. The molecule has 1 heterocycles. The average molecular weight is 374 g/mol. The second kappa shape index (κ2) is 7.54. The van der Waals surface area contributed by atoms with E-state index in [1.165, 1.54) is 25.1 Å². The van der Waals surface area contributed by atoms with Gasteiger partial charge in [0, 0.05) is 5.70 Å². The van der Waals surface area contributed by atoms with Gasteiger partial charge in [-0.25, -0.2) is 9.59 Å². The highest BCUT2D eigenvalue weighted by Crippen LogP contribution is 2.34. The van der Waals surface area contributed by atoms with Gasteiger partial charge in [0.15, 0.2) is 18.1 Å². The molecule has 0 unspecified atom stereocenters. The number of esters is 1. The van der Waals surface area contributed by atoms with Crippen molar-refractivity contribution in [2.45, 2.75) is 26.1 Å². The van der Waals surface area contributed by atoms with Crippen LogP contribution < -0.4 is 15.4 Å². The Morgan fingerprint density at radius 1 is 1.35 bits per heavy atom. The lowest BCUT2D eigenvalue weighted by atomic mass is 9.95. The lowest BCUT2D eigenvalue weighted by molar-refractivity contribution is -0.183. The zero-order valence-corrected chi connectivity index (χ0v) is 13.9. The van der Waals surface area contributed by atoms with Crippen LogP contribution in [0.15, 0.2) is 29.5 Å². The van der Waals surface area contributed by atoms with Crippen LogP contribution in [0.2, 0.25) is 0 Å². The third kappa shape index (κ3) is 4.58. The van der Waals surface area contributed by atoms with Crippen molar-refractivity contribution >= 4 is 12.0 Å². The summed E-state index contributed by atoms with van der Waals surface area (Å²) in [5, 5.41) is 14.5. The van der Waals surface area contributed by atoms with Gasteiger partial charge in [-0.1, -0.05) is 6.07 Å². The maximum atomic E-state index is 12.3. The van der Waals surface area contributed by atoms with Gasteiger partial charge in [-0.05, 0) is 31.5 Å². The number of nitrogens with one attached hydrogen (secondary N) is 2. The van der Waals surface area contributed by atoms with Crippen molar-refractivity contribution in [2.75, 3.05) is 13.2 Å². The summed E-state index contributed by atoms with van der Waals surface area (Å²) in [6, 6.07) is 2.40. The molecule has 10 heteroatoms. The number of carbonyl (C=O) groups excluding carboxylic acids is 2. The van der Waals surface area contributed by atoms with Crippen LogP contribution in [-0.4, -0.2) is 36.5 Å². The molecule has 0 aromatic heterocycles. The minimum Gasteiger partial charge on any atom is -0.504 e. The summed E-state index contributed by atoms with van der Waals surface area (Å²) in [5.41, 5.74) is 0.221. The van der Waals surface area contributed by atoms with Crippen LogP contribution in [-0.2, 0) is 9.53 Å². The van der Waals surface area contributed by atoms with Gasteiger partial charge < -0.3 is 25.2 Å². The number of ether oxygens (including phenoxy) is 2. The van der Waals surface area contributed by atoms with E-state index < -0.39 is 30.8 Å². The number of aromatic hydroxyl groups is 1. The maximum Gasteiger partial charge on any atom is 0.422 e. The summed E-state index contributed by atoms with van der Waals surface area (Å²) in [6.45, 7) is 1.58. The lowest BCUT2D eigenvalue weighted by Gasteiger charge is -2.28. The molecule has 2 amide bonds. The van der Waals surface area contributed by atoms with Gasteiger partial charge in [0.25, 0.3) is 0 Å². The maximum absolute atomic E-state index is 12.3. The Morgan fingerprint density at radius 3 is 2.65 bits per heavy atom. The van der Waals surface area contributed by atoms with Crippen LogP contribution >= 0.6 is 0 Å². The number of urea groups is 1. The summed E-state index contributed by atoms with van der Waals surface area (Å²) in [7, 11) is 0. The number of phenolic OH excluding ortho intramolecular Hbond substituents is 1. The van der Waals surface area contributed by atoms with E-state index in [9.17, 15) is 27.9 Å². The van der Waals surface area contributed by atoms with Gasteiger partial charge in [0.1, 0.15) is 0 Å². The summed E-state index contributed by atoms with van der Waals surface area (Å²) in [4.78, 5) is 23.9. The van der Waals surface area contributed by atoms with E-state index in [-0.39, 0.29) is 29.4 Å². The molecule has 1 aliphatic rings. The number of hydrogen-bond donors (Lipinski definition) is 3. The van der Waals surface area contributed by atoms with E-state index in [1.54, 1.807) is 6.92 Å². The Kier molecular flexibility index (Phi) is 5.63. The Morgan fingerprint density at radius 2 is 2.04 bits per heavy atom. The zero-order chi connectivity index (χ0) is 19.5. The number of halogens is 3. The summed E-state index contributed by atoms with van der Waals surface area (Å²) >= 11 is 0. The smallest absolute Gasteiger partial charge is 0.422 e. The van der Waals surface area contributed by atoms with Crippen molar-refractivity contribution in [3.63, 3.8) is 0 Å². The van der Waals surface area contributed by atoms with Gasteiger partial charge in [-0.3, -0.25) is 0 Å². The quantitative estimate of drug-likeness (QED) is 0.688. The number of allylic oxidation sites excluding steroid dienone is 1. The largest absolute Gasteiger partial charge is 0.504 e. The predicted octanol–water partition coefficient (Wildman–Crippen LogP) is 2.52. The standard InChI is InChI=1S/C16H17F3N2O5/c1-3-25-11-6-9(4-5-10(11)22)13-12(8(2)20-15(24)21-13)14(23)26-7-16(17,18)19/h4-6,13,22H,3,7H2,1-2H3,(H2,20,21,24)/t13-/m0/s1. The second-order valence-corrected chi connectivity index (χ2v) is 5.42. The van der Waals surface area contributed by atoms with Gasteiger partial charge in [0.2, 0.25) is 0 Å². The fourth-order valence-corrected chi connectivity index (χ4v) is 2.42. The first-order chi connectivity index (χ1) is 12.1. The molecule has 0 radical (unpaired) electrons. The molecule has 0 spiro atoms.